The van der Waals surface area contributed by atoms with Crippen LogP contribution >= 0.6 is 11.6 Å². The predicted molar refractivity (Wildman–Crippen MR) is 96.7 cm³/mol. The first-order valence-corrected chi connectivity index (χ1v) is 8.39. The highest BCUT2D eigenvalue weighted by molar-refractivity contribution is 6.33. The smallest absolute Gasteiger partial charge is 0.323 e. The van der Waals surface area contributed by atoms with E-state index in [0.29, 0.717) is 22.3 Å². The van der Waals surface area contributed by atoms with Gasteiger partial charge in [-0.15, -0.1) is 0 Å². The van der Waals surface area contributed by atoms with Gasteiger partial charge in [-0.1, -0.05) is 30.7 Å². The molecule has 0 atom stereocenters. The van der Waals surface area contributed by atoms with Crippen LogP contribution in [0.1, 0.15) is 19.8 Å². The fraction of sp³-hybridized carbons (Fsp3) is 0.353. The van der Waals surface area contributed by atoms with E-state index in [2.05, 4.69) is 32.4 Å². The normalized spacial score (nSPS) is 15.2. The lowest BCUT2D eigenvalue weighted by atomic mass is 10.00. The molecule has 126 valence electrons. The van der Waals surface area contributed by atoms with Crippen molar-refractivity contribution in [3.8, 4) is 0 Å². The van der Waals surface area contributed by atoms with E-state index in [1.54, 1.807) is 36.7 Å². The van der Waals surface area contributed by atoms with E-state index in [4.69, 9.17) is 11.6 Å². The van der Waals surface area contributed by atoms with Gasteiger partial charge in [0.1, 0.15) is 0 Å². The van der Waals surface area contributed by atoms with Gasteiger partial charge in [0.15, 0.2) is 0 Å². The van der Waals surface area contributed by atoms with Gasteiger partial charge in [0.2, 0.25) is 5.95 Å². The first-order chi connectivity index (χ1) is 11.6. The van der Waals surface area contributed by atoms with E-state index in [1.165, 1.54) is 0 Å². The van der Waals surface area contributed by atoms with Crippen molar-refractivity contribution in [2.75, 3.05) is 28.6 Å². The van der Waals surface area contributed by atoms with Crippen molar-refractivity contribution in [3.05, 3.63) is 41.7 Å². The second kappa shape index (κ2) is 7.49. The van der Waals surface area contributed by atoms with E-state index >= 15 is 0 Å². The van der Waals surface area contributed by atoms with Crippen molar-refractivity contribution in [1.82, 2.24) is 9.97 Å². The lowest BCUT2D eigenvalue weighted by Gasteiger charge is -2.30. The first kappa shape index (κ1) is 16.5. The van der Waals surface area contributed by atoms with Crippen molar-refractivity contribution < 1.29 is 4.79 Å². The molecular formula is C17H20ClN5O. The van der Waals surface area contributed by atoms with Crippen molar-refractivity contribution in [3.63, 3.8) is 0 Å². The van der Waals surface area contributed by atoms with Gasteiger partial charge in [0, 0.05) is 13.1 Å². The van der Waals surface area contributed by atoms with Gasteiger partial charge in [0.25, 0.3) is 0 Å². The molecule has 1 aromatic heterocycles. The SMILES string of the molecule is CC1CCN(c2ncc(NC(=O)Nc3ccccc3Cl)cn2)CC1. The van der Waals surface area contributed by atoms with Crippen molar-refractivity contribution >= 4 is 35.0 Å². The average molecular weight is 346 g/mol. The Morgan fingerprint density at radius 1 is 1.17 bits per heavy atom. The Morgan fingerprint density at radius 2 is 1.83 bits per heavy atom. The number of carbonyl (C=O) groups excluding carboxylic acids is 1. The molecule has 1 aliphatic heterocycles. The number of urea groups is 1. The molecule has 2 amide bonds. The van der Waals surface area contributed by atoms with Crippen molar-refractivity contribution in [2.24, 2.45) is 5.92 Å². The summed E-state index contributed by atoms with van der Waals surface area (Å²) in [6, 6.07) is 6.68. The predicted octanol–water partition coefficient (Wildman–Crippen LogP) is 4.01. The third-order valence-electron chi connectivity index (χ3n) is 4.08. The molecule has 0 aliphatic carbocycles. The minimum Gasteiger partial charge on any atom is -0.341 e. The van der Waals surface area contributed by atoms with Gasteiger partial charge < -0.3 is 15.5 Å². The van der Waals surface area contributed by atoms with E-state index in [1.807, 2.05) is 0 Å². The Labute approximate surface area is 146 Å². The summed E-state index contributed by atoms with van der Waals surface area (Å²) in [5, 5.41) is 5.88. The number of piperidine rings is 1. The number of halogens is 1. The van der Waals surface area contributed by atoms with Crippen LogP contribution in [0.4, 0.5) is 22.1 Å². The zero-order valence-corrected chi connectivity index (χ0v) is 14.3. The Morgan fingerprint density at radius 3 is 2.50 bits per heavy atom. The number of hydrogen-bond acceptors (Lipinski definition) is 4. The average Bonchev–Trinajstić information content (AvgIpc) is 2.58. The van der Waals surface area contributed by atoms with E-state index in [-0.39, 0.29) is 6.03 Å². The molecular weight excluding hydrogens is 326 g/mol. The lowest BCUT2D eigenvalue weighted by molar-refractivity contribution is 0.262. The van der Waals surface area contributed by atoms with Crippen LogP contribution in [0, 0.1) is 5.92 Å². The minimum absolute atomic E-state index is 0.383. The number of benzene rings is 1. The Kier molecular flexibility index (Phi) is 5.15. The molecule has 0 unspecified atom stereocenters. The van der Waals surface area contributed by atoms with Gasteiger partial charge in [0.05, 0.1) is 28.8 Å². The maximum absolute atomic E-state index is 12.0. The number of nitrogens with zero attached hydrogens (tertiary/aromatic N) is 3. The lowest BCUT2D eigenvalue weighted by Crippen LogP contribution is -2.34. The van der Waals surface area contributed by atoms with Crippen LogP contribution in [0.15, 0.2) is 36.7 Å². The molecule has 3 rings (SSSR count). The van der Waals surface area contributed by atoms with Crippen molar-refractivity contribution in [2.45, 2.75) is 19.8 Å². The van der Waals surface area contributed by atoms with Crippen LogP contribution in [-0.4, -0.2) is 29.1 Å². The van der Waals surface area contributed by atoms with Crippen molar-refractivity contribution in [1.29, 1.82) is 0 Å². The van der Waals surface area contributed by atoms with Crippen LogP contribution < -0.4 is 15.5 Å². The summed E-state index contributed by atoms with van der Waals surface area (Å²) >= 11 is 6.02. The molecule has 1 aromatic carbocycles. The molecule has 24 heavy (non-hydrogen) atoms. The Hall–Kier alpha value is -2.34. The third kappa shape index (κ3) is 4.14. The van der Waals surface area contributed by atoms with E-state index in [0.717, 1.165) is 31.8 Å². The van der Waals surface area contributed by atoms with E-state index < -0.39 is 0 Å². The first-order valence-electron chi connectivity index (χ1n) is 8.01. The molecule has 1 aliphatic rings. The van der Waals surface area contributed by atoms with Gasteiger partial charge in [-0.2, -0.15) is 0 Å². The fourth-order valence-electron chi connectivity index (χ4n) is 2.60. The summed E-state index contributed by atoms with van der Waals surface area (Å²) < 4.78 is 0. The number of rotatable bonds is 3. The monoisotopic (exact) mass is 345 g/mol. The summed E-state index contributed by atoms with van der Waals surface area (Å²) in [6.45, 7) is 4.21. The number of hydrogen-bond donors (Lipinski definition) is 2. The molecule has 0 saturated carbocycles. The van der Waals surface area contributed by atoms with Crippen LogP contribution in [0.25, 0.3) is 0 Å². The van der Waals surface area contributed by atoms with Gasteiger partial charge in [-0.25, -0.2) is 14.8 Å². The summed E-state index contributed by atoms with van der Waals surface area (Å²) in [5.41, 5.74) is 1.09. The Bertz CT molecular complexity index is 698. The Balaban J connectivity index is 1.58. The molecule has 0 spiro atoms. The zero-order chi connectivity index (χ0) is 16.9. The van der Waals surface area contributed by atoms with Crippen LogP contribution in [0.5, 0.6) is 0 Å². The number of para-hydroxylation sites is 1. The van der Waals surface area contributed by atoms with Gasteiger partial charge in [-0.3, -0.25) is 0 Å². The summed E-state index contributed by atoms with van der Waals surface area (Å²) in [6.07, 6.45) is 5.55. The highest BCUT2D eigenvalue weighted by Crippen LogP contribution is 2.22. The molecule has 0 radical (unpaired) electrons. The topological polar surface area (TPSA) is 70.2 Å². The zero-order valence-electron chi connectivity index (χ0n) is 13.5. The molecule has 2 aromatic rings. The van der Waals surface area contributed by atoms with Crippen LogP contribution in [0.3, 0.4) is 0 Å². The number of amides is 2. The van der Waals surface area contributed by atoms with Crippen LogP contribution in [-0.2, 0) is 0 Å². The van der Waals surface area contributed by atoms with E-state index in [9.17, 15) is 4.79 Å². The summed E-state index contributed by atoms with van der Waals surface area (Å²) in [5.74, 6) is 1.47. The molecule has 2 heterocycles. The summed E-state index contributed by atoms with van der Waals surface area (Å²) in [4.78, 5) is 22.9. The maximum Gasteiger partial charge on any atom is 0.323 e. The third-order valence-corrected chi connectivity index (χ3v) is 4.41. The molecule has 7 heteroatoms. The second-order valence-corrected chi connectivity index (χ2v) is 6.41. The van der Waals surface area contributed by atoms with Crippen LogP contribution in [0.2, 0.25) is 5.02 Å². The standard InChI is InChI=1S/C17H20ClN5O/c1-12-6-8-23(9-7-12)16-19-10-13(11-20-16)21-17(24)22-15-5-3-2-4-14(15)18/h2-5,10-12H,6-9H2,1H3,(H2,21,22,24). The number of nitrogens with one attached hydrogen (secondary N) is 2. The minimum atomic E-state index is -0.383. The molecule has 6 nitrogen and oxygen atoms in total. The van der Waals surface area contributed by atoms with Gasteiger partial charge >= 0.3 is 6.03 Å². The number of carbonyl (C=O) groups is 1. The summed E-state index contributed by atoms with van der Waals surface area (Å²) in [7, 11) is 0. The highest BCUT2D eigenvalue weighted by Gasteiger charge is 2.17. The highest BCUT2D eigenvalue weighted by atomic mass is 35.5. The second-order valence-electron chi connectivity index (χ2n) is 6.00. The number of anilines is 3. The van der Waals surface area contributed by atoms with Gasteiger partial charge in [-0.05, 0) is 30.9 Å². The largest absolute Gasteiger partial charge is 0.341 e. The molecule has 2 N–H and O–H groups in total. The molecule has 0 bridgehead atoms. The quantitative estimate of drug-likeness (QED) is 0.881. The molecule has 1 fully saturated rings. The fourth-order valence-corrected chi connectivity index (χ4v) is 2.79. The maximum atomic E-state index is 12.0. The molecule has 1 saturated heterocycles. The number of aromatic nitrogens is 2.